The summed E-state index contributed by atoms with van der Waals surface area (Å²) in [6, 6.07) is 0.437. The maximum Gasteiger partial charge on any atom is 0.143 e. The van der Waals surface area contributed by atoms with Crippen molar-refractivity contribution in [3.8, 4) is 0 Å². The standard InChI is InChI=1S/C11H16IN3O/c1-8(9-2-4-16-5-3-9)15-11-10(12)6-13-7-14-11/h6-9H,2-5H2,1H3,(H,13,14,15). The van der Waals surface area contributed by atoms with Gasteiger partial charge in [0.1, 0.15) is 12.1 Å². The second-order valence-electron chi connectivity index (χ2n) is 4.10. The topological polar surface area (TPSA) is 47.0 Å². The van der Waals surface area contributed by atoms with Crippen LogP contribution in [0.3, 0.4) is 0 Å². The minimum atomic E-state index is 0.437. The summed E-state index contributed by atoms with van der Waals surface area (Å²) in [6.45, 7) is 3.99. The highest BCUT2D eigenvalue weighted by Gasteiger charge is 2.21. The van der Waals surface area contributed by atoms with Gasteiger partial charge in [-0.1, -0.05) is 0 Å². The quantitative estimate of drug-likeness (QED) is 0.863. The van der Waals surface area contributed by atoms with Gasteiger partial charge < -0.3 is 10.1 Å². The lowest BCUT2D eigenvalue weighted by molar-refractivity contribution is 0.0622. The first-order valence-corrected chi connectivity index (χ1v) is 6.65. The molecule has 1 unspecified atom stereocenters. The van der Waals surface area contributed by atoms with E-state index in [4.69, 9.17) is 4.74 Å². The maximum absolute atomic E-state index is 5.37. The van der Waals surface area contributed by atoms with E-state index in [2.05, 4.69) is 44.8 Å². The molecule has 5 heteroatoms. The fourth-order valence-corrected chi connectivity index (χ4v) is 2.42. The fourth-order valence-electron chi connectivity index (χ4n) is 1.97. The normalized spacial score (nSPS) is 19.4. The van der Waals surface area contributed by atoms with Gasteiger partial charge in [0.05, 0.1) is 3.57 Å². The largest absolute Gasteiger partial charge is 0.381 e. The van der Waals surface area contributed by atoms with E-state index in [-0.39, 0.29) is 0 Å². The number of hydrogen-bond acceptors (Lipinski definition) is 4. The van der Waals surface area contributed by atoms with Crippen LogP contribution in [0, 0.1) is 9.49 Å². The summed E-state index contributed by atoms with van der Waals surface area (Å²) in [6.07, 6.45) is 5.68. The van der Waals surface area contributed by atoms with Gasteiger partial charge in [-0.25, -0.2) is 9.97 Å². The third-order valence-electron chi connectivity index (χ3n) is 3.01. The predicted octanol–water partition coefficient (Wildman–Crippen LogP) is 2.31. The molecule has 4 nitrogen and oxygen atoms in total. The van der Waals surface area contributed by atoms with Gasteiger partial charge in [-0.05, 0) is 48.3 Å². The molecular formula is C11H16IN3O. The second kappa shape index (κ2) is 5.77. The van der Waals surface area contributed by atoms with E-state index in [1.165, 1.54) is 0 Å². The smallest absolute Gasteiger partial charge is 0.143 e. The molecule has 1 aromatic rings. The lowest BCUT2D eigenvalue weighted by Gasteiger charge is -2.28. The van der Waals surface area contributed by atoms with Gasteiger partial charge in [0, 0.05) is 25.5 Å². The first kappa shape index (κ1) is 12.0. The van der Waals surface area contributed by atoms with Crippen molar-refractivity contribution in [2.75, 3.05) is 18.5 Å². The number of rotatable bonds is 3. The van der Waals surface area contributed by atoms with Gasteiger partial charge in [0.15, 0.2) is 0 Å². The lowest BCUT2D eigenvalue weighted by Crippen LogP contribution is -2.31. The number of ether oxygens (including phenoxy) is 1. The minimum Gasteiger partial charge on any atom is -0.381 e. The van der Waals surface area contributed by atoms with E-state index in [1.807, 2.05) is 6.20 Å². The average Bonchev–Trinajstić information content (AvgIpc) is 2.33. The van der Waals surface area contributed by atoms with Crippen LogP contribution in [0.15, 0.2) is 12.5 Å². The molecule has 0 amide bonds. The van der Waals surface area contributed by atoms with Crippen LogP contribution in [0.2, 0.25) is 0 Å². The molecule has 2 rings (SSSR count). The molecule has 0 bridgehead atoms. The van der Waals surface area contributed by atoms with E-state index in [1.54, 1.807) is 6.33 Å². The zero-order valence-corrected chi connectivity index (χ0v) is 11.5. The van der Waals surface area contributed by atoms with Gasteiger partial charge in [0.25, 0.3) is 0 Å². The van der Waals surface area contributed by atoms with Gasteiger partial charge in [0.2, 0.25) is 0 Å². The van der Waals surface area contributed by atoms with Gasteiger partial charge in [-0.2, -0.15) is 0 Å². The Morgan fingerprint density at radius 3 is 2.94 bits per heavy atom. The number of halogens is 1. The Bertz CT molecular complexity index is 342. The second-order valence-corrected chi connectivity index (χ2v) is 5.26. The predicted molar refractivity (Wildman–Crippen MR) is 71.4 cm³/mol. The molecular weight excluding hydrogens is 317 g/mol. The number of aromatic nitrogens is 2. The molecule has 2 heterocycles. The van der Waals surface area contributed by atoms with Crippen molar-refractivity contribution in [3.63, 3.8) is 0 Å². The van der Waals surface area contributed by atoms with Crippen LogP contribution in [0.5, 0.6) is 0 Å². The highest BCUT2D eigenvalue weighted by molar-refractivity contribution is 14.1. The van der Waals surface area contributed by atoms with Gasteiger partial charge in [-0.3, -0.25) is 0 Å². The molecule has 1 atom stereocenters. The summed E-state index contributed by atoms with van der Waals surface area (Å²) in [7, 11) is 0. The third kappa shape index (κ3) is 3.04. The summed E-state index contributed by atoms with van der Waals surface area (Å²) in [5, 5.41) is 3.47. The Labute approximate surface area is 109 Å². The molecule has 1 N–H and O–H groups in total. The molecule has 1 aliphatic heterocycles. The van der Waals surface area contributed by atoms with E-state index < -0.39 is 0 Å². The fraction of sp³-hybridized carbons (Fsp3) is 0.636. The number of anilines is 1. The molecule has 1 fully saturated rings. The Morgan fingerprint density at radius 2 is 2.25 bits per heavy atom. The van der Waals surface area contributed by atoms with Crippen molar-refractivity contribution < 1.29 is 4.74 Å². The van der Waals surface area contributed by atoms with Crippen LogP contribution in [0.25, 0.3) is 0 Å². The van der Waals surface area contributed by atoms with Crippen molar-refractivity contribution in [3.05, 3.63) is 16.1 Å². The Morgan fingerprint density at radius 1 is 1.50 bits per heavy atom. The summed E-state index contributed by atoms with van der Waals surface area (Å²) >= 11 is 2.25. The third-order valence-corrected chi connectivity index (χ3v) is 3.79. The highest BCUT2D eigenvalue weighted by Crippen LogP contribution is 2.22. The molecule has 0 saturated carbocycles. The van der Waals surface area contributed by atoms with Crippen LogP contribution in [-0.2, 0) is 4.74 Å². The van der Waals surface area contributed by atoms with Gasteiger partial charge >= 0.3 is 0 Å². The summed E-state index contributed by atoms with van der Waals surface area (Å²) in [5.74, 6) is 1.62. The monoisotopic (exact) mass is 333 g/mol. The van der Waals surface area contributed by atoms with Crippen LogP contribution in [0.1, 0.15) is 19.8 Å². The van der Waals surface area contributed by atoms with Crippen molar-refractivity contribution in [2.45, 2.75) is 25.8 Å². The summed E-state index contributed by atoms with van der Waals surface area (Å²) in [5.41, 5.74) is 0. The van der Waals surface area contributed by atoms with Crippen LogP contribution >= 0.6 is 22.6 Å². The minimum absolute atomic E-state index is 0.437. The van der Waals surface area contributed by atoms with E-state index >= 15 is 0 Å². The number of nitrogens with zero attached hydrogens (tertiary/aromatic N) is 2. The molecule has 0 aromatic carbocycles. The zero-order chi connectivity index (χ0) is 11.4. The van der Waals surface area contributed by atoms with Gasteiger partial charge in [-0.15, -0.1) is 0 Å². The molecule has 16 heavy (non-hydrogen) atoms. The molecule has 1 aliphatic rings. The zero-order valence-electron chi connectivity index (χ0n) is 9.32. The molecule has 1 aromatic heterocycles. The van der Waals surface area contributed by atoms with Crippen molar-refractivity contribution in [2.24, 2.45) is 5.92 Å². The Balaban J connectivity index is 1.96. The molecule has 1 saturated heterocycles. The molecule has 0 radical (unpaired) electrons. The van der Waals surface area contributed by atoms with Crippen LogP contribution in [-0.4, -0.2) is 29.2 Å². The lowest BCUT2D eigenvalue weighted by atomic mass is 9.93. The maximum atomic E-state index is 5.37. The first-order valence-electron chi connectivity index (χ1n) is 5.57. The number of hydrogen-bond donors (Lipinski definition) is 1. The molecule has 88 valence electrons. The number of nitrogens with one attached hydrogen (secondary N) is 1. The Hall–Kier alpha value is -0.430. The summed E-state index contributed by atoms with van der Waals surface area (Å²) in [4.78, 5) is 8.24. The van der Waals surface area contributed by atoms with E-state index in [9.17, 15) is 0 Å². The van der Waals surface area contributed by atoms with Crippen LogP contribution in [0.4, 0.5) is 5.82 Å². The van der Waals surface area contributed by atoms with Crippen molar-refractivity contribution in [1.29, 1.82) is 0 Å². The SMILES string of the molecule is CC(Nc1ncncc1I)C1CCOCC1. The summed E-state index contributed by atoms with van der Waals surface area (Å²) < 4.78 is 6.44. The Kier molecular flexibility index (Phi) is 4.34. The van der Waals surface area contributed by atoms with Crippen molar-refractivity contribution in [1.82, 2.24) is 9.97 Å². The molecule has 0 aliphatic carbocycles. The first-order chi connectivity index (χ1) is 7.77. The van der Waals surface area contributed by atoms with Crippen LogP contribution < -0.4 is 5.32 Å². The van der Waals surface area contributed by atoms with E-state index in [0.29, 0.717) is 12.0 Å². The molecule has 0 spiro atoms. The van der Waals surface area contributed by atoms with E-state index in [0.717, 1.165) is 35.4 Å². The highest BCUT2D eigenvalue weighted by atomic mass is 127. The van der Waals surface area contributed by atoms with Crippen molar-refractivity contribution >= 4 is 28.4 Å². The average molecular weight is 333 g/mol.